The largest absolute Gasteiger partial charge is 0.341 e. The van der Waals surface area contributed by atoms with Crippen molar-refractivity contribution in [3.8, 4) is 0 Å². The SMILES string of the molecule is Cc1ccccc1C(=O)NC(C(=O)N1CCCCC1)C1CCN(C(=O)c2cccs2)CC1. The van der Waals surface area contributed by atoms with Gasteiger partial charge in [0.1, 0.15) is 6.04 Å². The van der Waals surface area contributed by atoms with Crippen molar-refractivity contribution in [3.05, 3.63) is 57.8 Å². The second-order valence-corrected chi connectivity index (χ2v) is 9.71. The van der Waals surface area contributed by atoms with Crippen LogP contribution in [0.25, 0.3) is 0 Å². The molecular formula is C25H31N3O3S. The van der Waals surface area contributed by atoms with E-state index in [1.54, 1.807) is 6.07 Å². The summed E-state index contributed by atoms with van der Waals surface area (Å²) in [5.74, 6) is -0.101. The fraction of sp³-hybridized carbons (Fsp3) is 0.480. The Morgan fingerprint density at radius 2 is 1.66 bits per heavy atom. The molecule has 2 aromatic rings. The monoisotopic (exact) mass is 453 g/mol. The summed E-state index contributed by atoms with van der Waals surface area (Å²) in [5, 5.41) is 4.99. The highest BCUT2D eigenvalue weighted by Crippen LogP contribution is 2.26. The van der Waals surface area contributed by atoms with E-state index in [2.05, 4.69) is 5.32 Å². The van der Waals surface area contributed by atoms with Gasteiger partial charge in [-0.05, 0) is 68.0 Å². The van der Waals surface area contributed by atoms with Crippen LogP contribution in [0, 0.1) is 12.8 Å². The van der Waals surface area contributed by atoms with Gasteiger partial charge in [-0.25, -0.2) is 0 Å². The quantitative estimate of drug-likeness (QED) is 0.750. The van der Waals surface area contributed by atoms with E-state index < -0.39 is 6.04 Å². The number of benzene rings is 1. The van der Waals surface area contributed by atoms with Gasteiger partial charge in [0.05, 0.1) is 4.88 Å². The van der Waals surface area contributed by atoms with Gasteiger partial charge in [-0.3, -0.25) is 14.4 Å². The molecule has 1 atom stereocenters. The number of carbonyl (C=O) groups is 3. The average molecular weight is 454 g/mol. The number of aryl methyl sites for hydroxylation is 1. The molecule has 7 heteroatoms. The summed E-state index contributed by atoms with van der Waals surface area (Å²) in [4.78, 5) is 43.8. The normalized spacial score (nSPS) is 18.3. The minimum atomic E-state index is -0.556. The van der Waals surface area contributed by atoms with E-state index in [1.165, 1.54) is 11.3 Å². The molecule has 1 unspecified atom stereocenters. The molecule has 170 valence electrons. The maximum absolute atomic E-state index is 13.5. The molecule has 2 aliphatic rings. The third kappa shape index (κ3) is 5.04. The number of hydrogen-bond acceptors (Lipinski definition) is 4. The van der Waals surface area contributed by atoms with Crippen LogP contribution in [0.2, 0.25) is 0 Å². The van der Waals surface area contributed by atoms with Crippen molar-refractivity contribution in [1.82, 2.24) is 15.1 Å². The molecule has 2 saturated heterocycles. The molecule has 0 spiro atoms. The predicted octanol–water partition coefficient (Wildman–Crippen LogP) is 3.72. The lowest BCUT2D eigenvalue weighted by molar-refractivity contribution is -0.136. The minimum Gasteiger partial charge on any atom is -0.341 e. The molecule has 0 saturated carbocycles. The predicted molar refractivity (Wildman–Crippen MR) is 126 cm³/mol. The van der Waals surface area contributed by atoms with E-state index in [0.717, 1.165) is 42.8 Å². The van der Waals surface area contributed by atoms with E-state index in [-0.39, 0.29) is 23.6 Å². The van der Waals surface area contributed by atoms with Crippen molar-refractivity contribution >= 4 is 29.1 Å². The highest BCUT2D eigenvalue weighted by molar-refractivity contribution is 7.12. The molecule has 6 nitrogen and oxygen atoms in total. The molecular weight excluding hydrogens is 422 g/mol. The van der Waals surface area contributed by atoms with Gasteiger partial charge in [-0.1, -0.05) is 24.3 Å². The molecule has 32 heavy (non-hydrogen) atoms. The number of nitrogens with one attached hydrogen (secondary N) is 1. The van der Waals surface area contributed by atoms with Crippen molar-refractivity contribution in [3.63, 3.8) is 0 Å². The van der Waals surface area contributed by atoms with Crippen LogP contribution < -0.4 is 5.32 Å². The summed E-state index contributed by atoms with van der Waals surface area (Å²) in [6.07, 6.45) is 4.58. The van der Waals surface area contributed by atoms with Crippen LogP contribution in [0.15, 0.2) is 41.8 Å². The van der Waals surface area contributed by atoms with E-state index >= 15 is 0 Å². The minimum absolute atomic E-state index is 0.0183. The number of rotatable bonds is 5. The lowest BCUT2D eigenvalue weighted by atomic mass is 9.87. The van der Waals surface area contributed by atoms with Crippen LogP contribution in [0.5, 0.6) is 0 Å². The summed E-state index contributed by atoms with van der Waals surface area (Å²) in [6.45, 7) is 4.62. The number of likely N-dealkylation sites (tertiary alicyclic amines) is 2. The number of piperidine rings is 2. The van der Waals surface area contributed by atoms with Gasteiger partial charge in [0.15, 0.2) is 0 Å². The Bertz CT molecular complexity index is 945. The Labute approximate surface area is 193 Å². The van der Waals surface area contributed by atoms with E-state index in [9.17, 15) is 14.4 Å². The van der Waals surface area contributed by atoms with Crippen LogP contribution in [0.3, 0.4) is 0 Å². The molecule has 3 heterocycles. The standard InChI is InChI=1S/C25H31N3O3S/c1-18-8-3-4-9-20(18)23(29)26-22(25(31)27-13-5-2-6-14-27)19-11-15-28(16-12-19)24(30)21-10-7-17-32-21/h3-4,7-10,17,19,22H,2,5-6,11-16H2,1H3,(H,26,29). The van der Waals surface area contributed by atoms with Gasteiger partial charge in [0, 0.05) is 31.7 Å². The Morgan fingerprint density at radius 1 is 0.938 bits per heavy atom. The summed E-state index contributed by atoms with van der Waals surface area (Å²) in [7, 11) is 0. The smallest absolute Gasteiger partial charge is 0.263 e. The number of thiophene rings is 1. The summed E-state index contributed by atoms with van der Waals surface area (Å²) < 4.78 is 0. The highest BCUT2D eigenvalue weighted by Gasteiger charge is 2.36. The molecule has 0 radical (unpaired) electrons. The van der Waals surface area contributed by atoms with Crippen molar-refractivity contribution in [2.45, 2.75) is 45.1 Å². The van der Waals surface area contributed by atoms with Crippen molar-refractivity contribution < 1.29 is 14.4 Å². The Balaban J connectivity index is 1.47. The first-order valence-electron chi connectivity index (χ1n) is 11.5. The van der Waals surface area contributed by atoms with Gasteiger partial charge in [0.2, 0.25) is 5.91 Å². The molecule has 1 aromatic heterocycles. The maximum atomic E-state index is 13.5. The van der Waals surface area contributed by atoms with Gasteiger partial charge >= 0.3 is 0 Å². The zero-order chi connectivity index (χ0) is 22.5. The second kappa shape index (κ2) is 10.3. The number of carbonyl (C=O) groups excluding carboxylic acids is 3. The lowest BCUT2D eigenvalue weighted by Crippen LogP contribution is -2.55. The molecule has 0 aliphatic carbocycles. The first-order valence-corrected chi connectivity index (χ1v) is 12.4. The van der Waals surface area contributed by atoms with Crippen LogP contribution in [-0.2, 0) is 4.79 Å². The number of amides is 3. The molecule has 0 bridgehead atoms. The fourth-order valence-corrected chi connectivity index (χ4v) is 5.42. The van der Waals surface area contributed by atoms with Crippen molar-refractivity contribution in [2.75, 3.05) is 26.2 Å². The van der Waals surface area contributed by atoms with E-state index in [0.29, 0.717) is 31.5 Å². The van der Waals surface area contributed by atoms with Crippen LogP contribution in [0.4, 0.5) is 0 Å². The molecule has 3 amide bonds. The Kier molecular flexibility index (Phi) is 7.25. The van der Waals surface area contributed by atoms with E-state index in [1.807, 2.05) is 52.4 Å². The average Bonchev–Trinajstić information content (AvgIpc) is 3.37. The Morgan fingerprint density at radius 3 is 2.31 bits per heavy atom. The molecule has 2 fully saturated rings. The zero-order valence-electron chi connectivity index (χ0n) is 18.6. The molecule has 4 rings (SSSR count). The third-order valence-corrected chi connectivity index (χ3v) is 7.50. The van der Waals surface area contributed by atoms with Gasteiger partial charge in [-0.2, -0.15) is 0 Å². The number of hydrogen-bond donors (Lipinski definition) is 1. The topological polar surface area (TPSA) is 69.7 Å². The van der Waals surface area contributed by atoms with Gasteiger partial charge in [0.25, 0.3) is 11.8 Å². The first-order chi connectivity index (χ1) is 15.5. The highest BCUT2D eigenvalue weighted by atomic mass is 32.1. The van der Waals surface area contributed by atoms with Crippen LogP contribution >= 0.6 is 11.3 Å². The lowest BCUT2D eigenvalue weighted by Gasteiger charge is -2.38. The molecule has 2 aliphatic heterocycles. The summed E-state index contributed by atoms with van der Waals surface area (Å²) in [5.41, 5.74) is 1.50. The van der Waals surface area contributed by atoms with Crippen LogP contribution in [0.1, 0.15) is 57.7 Å². The van der Waals surface area contributed by atoms with E-state index in [4.69, 9.17) is 0 Å². The van der Waals surface area contributed by atoms with Gasteiger partial charge in [-0.15, -0.1) is 11.3 Å². The fourth-order valence-electron chi connectivity index (χ4n) is 4.73. The zero-order valence-corrected chi connectivity index (χ0v) is 19.4. The van der Waals surface area contributed by atoms with Gasteiger partial charge < -0.3 is 15.1 Å². The maximum Gasteiger partial charge on any atom is 0.263 e. The first kappa shape index (κ1) is 22.5. The number of nitrogens with zero attached hydrogens (tertiary/aromatic N) is 2. The molecule has 1 N–H and O–H groups in total. The molecule has 1 aromatic carbocycles. The summed E-state index contributed by atoms with van der Waals surface area (Å²) >= 11 is 1.45. The van der Waals surface area contributed by atoms with Crippen LogP contribution in [-0.4, -0.2) is 59.7 Å². The van der Waals surface area contributed by atoms with Crippen molar-refractivity contribution in [1.29, 1.82) is 0 Å². The second-order valence-electron chi connectivity index (χ2n) is 8.76. The Hall–Kier alpha value is -2.67. The summed E-state index contributed by atoms with van der Waals surface area (Å²) in [6, 6.07) is 10.6. The third-order valence-electron chi connectivity index (χ3n) is 6.64. The van der Waals surface area contributed by atoms with Crippen molar-refractivity contribution in [2.24, 2.45) is 5.92 Å².